The molecule has 3 rings (SSSR count). The fourth-order valence-corrected chi connectivity index (χ4v) is 4.18. The number of aromatic nitrogens is 2. The lowest BCUT2D eigenvalue weighted by Crippen LogP contribution is -2.37. The Kier molecular flexibility index (Phi) is 4.48. The molecule has 3 atom stereocenters. The highest BCUT2D eigenvalue weighted by molar-refractivity contribution is 5.84. The zero-order valence-electron chi connectivity index (χ0n) is 15.3. The molecule has 1 aromatic heterocycles. The SMILES string of the molecule is Cc1ccccc1C1CC(C)N(C(=O)C(C)c2c(C)n[nH]c2C)C1. The van der Waals surface area contributed by atoms with Crippen molar-refractivity contribution in [3.63, 3.8) is 0 Å². The van der Waals surface area contributed by atoms with Crippen molar-refractivity contribution in [3.8, 4) is 0 Å². The third kappa shape index (κ3) is 2.85. The van der Waals surface area contributed by atoms with Gasteiger partial charge in [-0.25, -0.2) is 0 Å². The Hall–Kier alpha value is -2.10. The van der Waals surface area contributed by atoms with Gasteiger partial charge in [0, 0.05) is 29.8 Å². The number of carbonyl (C=O) groups is 1. The van der Waals surface area contributed by atoms with E-state index in [0.717, 1.165) is 29.9 Å². The molecule has 1 amide bonds. The van der Waals surface area contributed by atoms with Crippen LogP contribution in [0.25, 0.3) is 0 Å². The minimum atomic E-state index is -0.151. The molecule has 3 unspecified atom stereocenters. The zero-order chi connectivity index (χ0) is 17.4. The molecule has 1 N–H and O–H groups in total. The topological polar surface area (TPSA) is 49.0 Å². The van der Waals surface area contributed by atoms with E-state index in [2.05, 4.69) is 53.2 Å². The highest BCUT2D eigenvalue weighted by atomic mass is 16.2. The van der Waals surface area contributed by atoms with Crippen molar-refractivity contribution >= 4 is 5.91 Å². The average Bonchev–Trinajstić information content (AvgIpc) is 3.09. The molecule has 0 spiro atoms. The summed E-state index contributed by atoms with van der Waals surface area (Å²) in [6.45, 7) is 11.1. The Morgan fingerprint density at radius 2 is 2.00 bits per heavy atom. The molecule has 1 fully saturated rings. The molecule has 1 aliphatic rings. The predicted molar refractivity (Wildman–Crippen MR) is 96.2 cm³/mol. The average molecular weight is 325 g/mol. The zero-order valence-corrected chi connectivity index (χ0v) is 15.3. The van der Waals surface area contributed by atoms with Gasteiger partial charge in [0.15, 0.2) is 0 Å². The molecule has 128 valence electrons. The molecular weight excluding hydrogens is 298 g/mol. The molecule has 2 aromatic rings. The maximum atomic E-state index is 13.1. The summed E-state index contributed by atoms with van der Waals surface area (Å²) in [5.41, 5.74) is 5.67. The second-order valence-corrected chi connectivity index (χ2v) is 7.20. The van der Waals surface area contributed by atoms with Crippen LogP contribution in [0.4, 0.5) is 0 Å². The van der Waals surface area contributed by atoms with Gasteiger partial charge >= 0.3 is 0 Å². The Labute approximate surface area is 144 Å². The second kappa shape index (κ2) is 6.42. The molecular formula is C20H27N3O. The van der Waals surface area contributed by atoms with E-state index in [9.17, 15) is 4.79 Å². The highest BCUT2D eigenvalue weighted by Crippen LogP contribution is 2.35. The van der Waals surface area contributed by atoms with E-state index in [1.54, 1.807) is 0 Å². The summed E-state index contributed by atoms with van der Waals surface area (Å²) in [4.78, 5) is 15.2. The summed E-state index contributed by atoms with van der Waals surface area (Å²) >= 11 is 0. The molecule has 1 aromatic carbocycles. The van der Waals surface area contributed by atoms with Crippen LogP contribution in [0.1, 0.15) is 60.2 Å². The quantitative estimate of drug-likeness (QED) is 0.932. The van der Waals surface area contributed by atoms with Gasteiger partial charge in [-0.05, 0) is 52.2 Å². The van der Waals surface area contributed by atoms with Crippen molar-refractivity contribution in [3.05, 3.63) is 52.3 Å². The molecule has 1 aliphatic heterocycles. The molecule has 4 heteroatoms. The lowest BCUT2D eigenvalue weighted by Gasteiger charge is -2.25. The molecule has 1 saturated heterocycles. The summed E-state index contributed by atoms with van der Waals surface area (Å²) in [6, 6.07) is 8.81. The first-order valence-corrected chi connectivity index (χ1v) is 8.77. The molecule has 0 radical (unpaired) electrons. The van der Waals surface area contributed by atoms with Crippen LogP contribution in [0.3, 0.4) is 0 Å². The number of aromatic amines is 1. The number of benzene rings is 1. The monoisotopic (exact) mass is 325 g/mol. The Morgan fingerprint density at radius 3 is 2.62 bits per heavy atom. The number of aryl methyl sites for hydroxylation is 3. The number of amides is 1. The minimum Gasteiger partial charge on any atom is -0.339 e. The summed E-state index contributed by atoms with van der Waals surface area (Å²) in [5, 5.41) is 7.24. The second-order valence-electron chi connectivity index (χ2n) is 7.20. The fraction of sp³-hybridized carbons (Fsp3) is 0.500. The molecule has 4 nitrogen and oxygen atoms in total. The van der Waals surface area contributed by atoms with E-state index in [1.807, 2.05) is 20.8 Å². The van der Waals surface area contributed by atoms with E-state index >= 15 is 0 Å². The summed E-state index contributed by atoms with van der Waals surface area (Å²) < 4.78 is 0. The lowest BCUT2D eigenvalue weighted by molar-refractivity contribution is -0.133. The largest absolute Gasteiger partial charge is 0.339 e. The molecule has 24 heavy (non-hydrogen) atoms. The standard InChI is InChI=1S/C20H27N3O/c1-12-8-6-7-9-18(12)17-10-13(2)23(11-17)20(24)14(3)19-15(4)21-22-16(19)5/h6-9,13-14,17H,10-11H2,1-5H3,(H,21,22). The number of H-pyrrole nitrogens is 1. The number of nitrogens with one attached hydrogen (secondary N) is 1. The van der Waals surface area contributed by atoms with Crippen LogP contribution in [0.2, 0.25) is 0 Å². The van der Waals surface area contributed by atoms with Gasteiger partial charge in [-0.1, -0.05) is 24.3 Å². The maximum Gasteiger partial charge on any atom is 0.230 e. The first-order valence-electron chi connectivity index (χ1n) is 8.77. The number of rotatable bonds is 3. The van der Waals surface area contributed by atoms with E-state index < -0.39 is 0 Å². The van der Waals surface area contributed by atoms with Gasteiger partial charge in [0.2, 0.25) is 5.91 Å². The smallest absolute Gasteiger partial charge is 0.230 e. The predicted octanol–water partition coefficient (Wildman–Crippen LogP) is 3.84. The van der Waals surface area contributed by atoms with Crippen molar-refractivity contribution in [2.75, 3.05) is 6.54 Å². The number of carbonyl (C=O) groups excluding carboxylic acids is 1. The van der Waals surface area contributed by atoms with Crippen LogP contribution in [0, 0.1) is 20.8 Å². The first-order chi connectivity index (χ1) is 11.4. The number of hydrogen-bond acceptors (Lipinski definition) is 2. The number of nitrogens with zero attached hydrogens (tertiary/aromatic N) is 2. The highest BCUT2D eigenvalue weighted by Gasteiger charge is 2.36. The van der Waals surface area contributed by atoms with E-state index in [1.165, 1.54) is 11.1 Å². The van der Waals surface area contributed by atoms with Crippen LogP contribution in [-0.4, -0.2) is 33.6 Å². The van der Waals surface area contributed by atoms with E-state index in [4.69, 9.17) is 0 Å². The van der Waals surface area contributed by atoms with Gasteiger partial charge in [0.25, 0.3) is 0 Å². The summed E-state index contributed by atoms with van der Waals surface area (Å²) in [7, 11) is 0. The minimum absolute atomic E-state index is 0.151. The summed E-state index contributed by atoms with van der Waals surface area (Å²) in [5.74, 6) is 0.497. The number of likely N-dealkylation sites (tertiary alicyclic amines) is 1. The maximum absolute atomic E-state index is 13.1. The van der Waals surface area contributed by atoms with Crippen LogP contribution < -0.4 is 0 Å². The summed E-state index contributed by atoms with van der Waals surface area (Å²) in [6.07, 6.45) is 1.03. The van der Waals surface area contributed by atoms with E-state index in [-0.39, 0.29) is 17.9 Å². The fourth-order valence-electron chi connectivity index (χ4n) is 4.18. The Bertz CT molecular complexity index is 730. The van der Waals surface area contributed by atoms with Gasteiger partial charge in [0.05, 0.1) is 11.6 Å². The van der Waals surface area contributed by atoms with Gasteiger partial charge < -0.3 is 4.90 Å². The lowest BCUT2D eigenvalue weighted by atomic mass is 9.93. The van der Waals surface area contributed by atoms with Gasteiger partial charge in [0.1, 0.15) is 0 Å². The van der Waals surface area contributed by atoms with Crippen molar-refractivity contribution in [1.82, 2.24) is 15.1 Å². The third-order valence-corrected chi connectivity index (χ3v) is 5.47. The first kappa shape index (κ1) is 16.7. The third-order valence-electron chi connectivity index (χ3n) is 5.47. The molecule has 0 saturated carbocycles. The van der Waals surface area contributed by atoms with Crippen molar-refractivity contribution in [2.45, 2.75) is 58.9 Å². The number of hydrogen-bond donors (Lipinski definition) is 1. The Morgan fingerprint density at radius 1 is 1.29 bits per heavy atom. The Balaban J connectivity index is 1.80. The van der Waals surface area contributed by atoms with Gasteiger partial charge in [-0.3, -0.25) is 9.89 Å². The van der Waals surface area contributed by atoms with Gasteiger partial charge in [-0.15, -0.1) is 0 Å². The van der Waals surface area contributed by atoms with Crippen molar-refractivity contribution in [2.24, 2.45) is 0 Å². The molecule has 0 aliphatic carbocycles. The van der Waals surface area contributed by atoms with E-state index in [0.29, 0.717) is 5.92 Å². The van der Waals surface area contributed by atoms with Crippen molar-refractivity contribution in [1.29, 1.82) is 0 Å². The normalized spacial score (nSPS) is 22.0. The van der Waals surface area contributed by atoms with Crippen LogP contribution in [0.15, 0.2) is 24.3 Å². The van der Waals surface area contributed by atoms with Crippen molar-refractivity contribution < 1.29 is 4.79 Å². The van der Waals surface area contributed by atoms with Crippen LogP contribution in [0.5, 0.6) is 0 Å². The van der Waals surface area contributed by atoms with Crippen LogP contribution >= 0.6 is 0 Å². The molecule has 0 bridgehead atoms. The van der Waals surface area contributed by atoms with Crippen LogP contribution in [-0.2, 0) is 4.79 Å². The van der Waals surface area contributed by atoms with Gasteiger partial charge in [-0.2, -0.15) is 5.10 Å². The molecule has 2 heterocycles.